The zero-order chi connectivity index (χ0) is 15.2. The van der Waals surface area contributed by atoms with Gasteiger partial charge >= 0.3 is 5.97 Å². The molecule has 0 fully saturated rings. The molecule has 0 saturated heterocycles. The largest absolute Gasteiger partial charge is 0.473 e. The standard InChI is InChI=1S/C17H17BrO3/c1-3-20-17(19)16(13-7-5-4-6-8-13)21-15-10-9-12(2)11-14(15)18/h4-11,16H,3H2,1-2H3. The molecule has 0 aliphatic heterocycles. The highest BCUT2D eigenvalue weighted by Crippen LogP contribution is 2.30. The molecule has 1 atom stereocenters. The maximum absolute atomic E-state index is 12.2. The van der Waals surface area contributed by atoms with Crippen LogP contribution in [0.2, 0.25) is 0 Å². The van der Waals surface area contributed by atoms with Crippen LogP contribution in [-0.4, -0.2) is 12.6 Å². The Balaban J connectivity index is 2.30. The lowest BCUT2D eigenvalue weighted by Gasteiger charge is -2.19. The van der Waals surface area contributed by atoms with E-state index < -0.39 is 12.1 Å². The van der Waals surface area contributed by atoms with Gasteiger partial charge in [-0.05, 0) is 47.5 Å². The molecule has 2 aromatic rings. The topological polar surface area (TPSA) is 35.5 Å². The van der Waals surface area contributed by atoms with Crippen molar-refractivity contribution >= 4 is 21.9 Å². The van der Waals surface area contributed by atoms with E-state index in [0.29, 0.717) is 12.4 Å². The van der Waals surface area contributed by atoms with Gasteiger partial charge in [0.1, 0.15) is 5.75 Å². The van der Waals surface area contributed by atoms with Crippen molar-refractivity contribution in [2.75, 3.05) is 6.61 Å². The number of carbonyl (C=O) groups is 1. The molecule has 0 radical (unpaired) electrons. The molecule has 2 rings (SSSR count). The molecule has 0 amide bonds. The first-order valence-electron chi connectivity index (χ1n) is 6.76. The van der Waals surface area contributed by atoms with E-state index in [9.17, 15) is 4.79 Å². The number of benzene rings is 2. The molecule has 1 unspecified atom stereocenters. The zero-order valence-electron chi connectivity index (χ0n) is 12.0. The third-order valence-corrected chi connectivity index (χ3v) is 3.55. The molecule has 0 aliphatic rings. The predicted octanol–water partition coefficient (Wildman–Crippen LogP) is 4.44. The fourth-order valence-corrected chi connectivity index (χ4v) is 2.51. The number of aryl methyl sites for hydroxylation is 1. The number of hydrogen-bond donors (Lipinski definition) is 0. The summed E-state index contributed by atoms with van der Waals surface area (Å²) in [5.74, 6) is 0.221. The van der Waals surface area contributed by atoms with E-state index >= 15 is 0 Å². The van der Waals surface area contributed by atoms with Crippen LogP contribution in [0.5, 0.6) is 5.75 Å². The SMILES string of the molecule is CCOC(=O)C(Oc1ccc(C)cc1Br)c1ccccc1. The van der Waals surface area contributed by atoms with Crippen LogP contribution in [0.1, 0.15) is 24.2 Å². The first-order chi connectivity index (χ1) is 10.1. The molecule has 0 bridgehead atoms. The summed E-state index contributed by atoms with van der Waals surface area (Å²) in [4.78, 5) is 12.2. The van der Waals surface area contributed by atoms with Gasteiger partial charge in [0.15, 0.2) is 0 Å². The molecular weight excluding hydrogens is 332 g/mol. The van der Waals surface area contributed by atoms with E-state index in [-0.39, 0.29) is 0 Å². The minimum atomic E-state index is -0.773. The molecule has 0 N–H and O–H groups in total. The van der Waals surface area contributed by atoms with Crippen molar-refractivity contribution in [3.63, 3.8) is 0 Å². The Hall–Kier alpha value is -1.81. The number of esters is 1. The number of hydrogen-bond acceptors (Lipinski definition) is 3. The highest BCUT2D eigenvalue weighted by atomic mass is 79.9. The lowest BCUT2D eigenvalue weighted by atomic mass is 10.1. The van der Waals surface area contributed by atoms with Crippen LogP contribution in [0.4, 0.5) is 0 Å². The van der Waals surface area contributed by atoms with Gasteiger partial charge in [0.2, 0.25) is 6.10 Å². The summed E-state index contributed by atoms with van der Waals surface area (Å²) in [6, 6.07) is 15.1. The van der Waals surface area contributed by atoms with Gasteiger partial charge < -0.3 is 9.47 Å². The number of ether oxygens (including phenoxy) is 2. The van der Waals surface area contributed by atoms with Crippen molar-refractivity contribution < 1.29 is 14.3 Å². The van der Waals surface area contributed by atoms with Gasteiger partial charge in [-0.3, -0.25) is 0 Å². The van der Waals surface area contributed by atoms with Crippen LogP contribution in [0, 0.1) is 6.92 Å². The highest BCUT2D eigenvalue weighted by molar-refractivity contribution is 9.10. The van der Waals surface area contributed by atoms with Crippen LogP contribution < -0.4 is 4.74 Å². The van der Waals surface area contributed by atoms with E-state index in [1.807, 2.05) is 55.5 Å². The van der Waals surface area contributed by atoms with E-state index in [0.717, 1.165) is 15.6 Å². The third kappa shape index (κ3) is 4.08. The van der Waals surface area contributed by atoms with Gasteiger partial charge in [-0.15, -0.1) is 0 Å². The summed E-state index contributed by atoms with van der Waals surface area (Å²) in [5, 5.41) is 0. The number of rotatable bonds is 5. The van der Waals surface area contributed by atoms with Crippen molar-refractivity contribution in [3.8, 4) is 5.75 Å². The Bertz CT molecular complexity index is 611. The average Bonchev–Trinajstić information content (AvgIpc) is 2.47. The first-order valence-corrected chi connectivity index (χ1v) is 7.55. The molecule has 2 aromatic carbocycles. The summed E-state index contributed by atoms with van der Waals surface area (Å²) in [7, 11) is 0. The fraction of sp³-hybridized carbons (Fsp3) is 0.235. The number of halogens is 1. The lowest BCUT2D eigenvalue weighted by Crippen LogP contribution is -2.21. The van der Waals surface area contributed by atoms with Gasteiger partial charge in [0.25, 0.3) is 0 Å². The third-order valence-electron chi connectivity index (χ3n) is 2.94. The maximum atomic E-state index is 12.2. The van der Waals surface area contributed by atoms with Crippen LogP contribution in [0.25, 0.3) is 0 Å². The van der Waals surface area contributed by atoms with E-state index in [1.165, 1.54) is 0 Å². The number of carbonyl (C=O) groups excluding carboxylic acids is 1. The molecule has 0 spiro atoms. The Morgan fingerprint density at radius 1 is 1.19 bits per heavy atom. The average molecular weight is 349 g/mol. The lowest BCUT2D eigenvalue weighted by molar-refractivity contribution is -0.151. The molecule has 21 heavy (non-hydrogen) atoms. The van der Waals surface area contributed by atoms with Crippen LogP contribution >= 0.6 is 15.9 Å². The van der Waals surface area contributed by atoms with Crippen LogP contribution in [-0.2, 0) is 9.53 Å². The monoisotopic (exact) mass is 348 g/mol. The summed E-state index contributed by atoms with van der Waals surface area (Å²) in [5.41, 5.74) is 1.88. The molecule has 4 heteroatoms. The molecular formula is C17H17BrO3. The Morgan fingerprint density at radius 2 is 1.90 bits per heavy atom. The zero-order valence-corrected chi connectivity index (χ0v) is 13.6. The van der Waals surface area contributed by atoms with Crippen molar-refractivity contribution in [1.29, 1.82) is 0 Å². The van der Waals surface area contributed by atoms with Crippen LogP contribution in [0.3, 0.4) is 0 Å². The minimum Gasteiger partial charge on any atom is -0.473 e. The molecule has 0 aliphatic carbocycles. The second-order valence-electron chi connectivity index (χ2n) is 4.59. The molecule has 0 saturated carbocycles. The van der Waals surface area contributed by atoms with Crippen LogP contribution in [0.15, 0.2) is 53.0 Å². The normalized spacial score (nSPS) is 11.8. The van der Waals surface area contributed by atoms with E-state index in [1.54, 1.807) is 6.92 Å². The minimum absolute atomic E-state index is 0.320. The molecule has 3 nitrogen and oxygen atoms in total. The van der Waals surface area contributed by atoms with Crippen molar-refractivity contribution in [2.24, 2.45) is 0 Å². The summed E-state index contributed by atoms with van der Waals surface area (Å²) < 4.78 is 11.8. The summed E-state index contributed by atoms with van der Waals surface area (Å²) in [6.07, 6.45) is -0.773. The Morgan fingerprint density at radius 3 is 2.52 bits per heavy atom. The van der Waals surface area contributed by atoms with Crippen molar-refractivity contribution in [1.82, 2.24) is 0 Å². The Labute approximate surface area is 133 Å². The highest BCUT2D eigenvalue weighted by Gasteiger charge is 2.24. The maximum Gasteiger partial charge on any atom is 0.352 e. The summed E-state index contributed by atoms with van der Waals surface area (Å²) in [6.45, 7) is 4.09. The second kappa shape index (κ2) is 7.27. The van der Waals surface area contributed by atoms with Crippen molar-refractivity contribution in [3.05, 3.63) is 64.1 Å². The van der Waals surface area contributed by atoms with Gasteiger partial charge in [0.05, 0.1) is 11.1 Å². The van der Waals surface area contributed by atoms with Gasteiger partial charge in [0, 0.05) is 5.56 Å². The van der Waals surface area contributed by atoms with E-state index in [2.05, 4.69) is 15.9 Å². The Kier molecular flexibility index (Phi) is 5.39. The second-order valence-corrected chi connectivity index (χ2v) is 5.45. The first kappa shape index (κ1) is 15.6. The smallest absolute Gasteiger partial charge is 0.352 e. The van der Waals surface area contributed by atoms with Gasteiger partial charge in [-0.2, -0.15) is 0 Å². The van der Waals surface area contributed by atoms with Gasteiger partial charge in [-0.25, -0.2) is 4.79 Å². The molecule has 0 aromatic heterocycles. The van der Waals surface area contributed by atoms with Gasteiger partial charge in [-0.1, -0.05) is 36.4 Å². The van der Waals surface area contributed by atoms with E-state index in [4.69, 9.17) is 9.47 Å². The predicted molar refractivity (Wildman–Crippen MR) is 85.3 cm³/mol. The quantitative estimate of drug-likeness (QED) is 0.749. The fourth-order valence-electron chi connectivity index (χ4n) is 1.93. The summed E-state index contributed by atoms with van der Waals surface area (Å²) >= 11 is 3.46. The van der Waals surface area contributed by atoms with Crippen molar-refractivity contribution in [2.45, 2.75) is 20.0 Å². The molecule has 110 valence electrons. The molecule has 0 heterocycles.